The Morgan fingerprint density at radius 2 is 1.73 bits per heavy atom. The number of aliphatic hydroxyl groups excluding tert-OH is 1. The molecule has 1 N–H and O–H groups in total. The average Bonchev–Trinajstić information content (AvgIpc) is 2.93. The largest absolute Gasteiger partial charge is 0.385 e. The Morgan fingerprint density at radius 3 is 2.41 bits per heavy atom. The van der Waals surface area contributed by atoms with E-state index in [0.29, 0.717) is 24.2 Å². The smallest absolute Gasteiger partial charge is 0.196 e. The Labute approximate surface area is 133 Å². The molecule has 0 bridgehead atoms. The molecule has 124 valence electrons. The Balaban J connectivity index is 1.64. The van der Waals surface area contributed by atoms with Crippen LogP contribution in [0.4, 0.5) is 0 Å². The summed E-state index contributed by atoms with van der Waals surface area (Å²) in [6, 6.07) is 0. The molecule has 1 aromatic rings. The summed E-state index contributed by atoms with van der Waals surface area (Å²) in [5.41, 5.74) is 1.32. The summed E-state index contributed by atoms with van der Waals surface area (Å²) in [6.07, 6.45) is 12.5. The van der Waals surface area contributed by atoms with Crippen molar-refractivity contribution in [3.63, 3.8) is 0 Å². The zero-order chi connectivity index (χ0) is 15.8. The van der Waals surface area contributed by atoms with E-state index in [2.05, 4.69) is 12.1 Å². The highest BCUT2D eigenvalue weighted by Crippen LogP contribution is 2.25. The predicted molar refractivity (Wildman–Crippen MR) is 86.1 cm³/mol. The second kappa shape index (κ2) is 9.09. The number of carbonyl (C=O) groups excluding carboxylic acids is 1. The van der Waals surface area contributed by atoms with Gasteiger partial charge in [0.2, 0.25) is 0 Å². The lowest BCUT2D eigenvalue weighted by atomic mass is 9.91. The van der Waals surface area contributed by atoms with Gasteiger partial charge in [0.15, 0.2) is 5.78 Å². The zero-order valence-corrected chi connectivity index (χ0v) is 13.8. The van der Waals surface area contributed by atoms with Crippen LogP contribution in [-0.4, -0.2) is 22.2 Å². The molecule has 4 heteroatoms. The molecular formula is C18H29NO3. The molecule has 1 heterocycles. The number of ketones is 1. The van der Waals surface area contributed by atoms with Crippen molar-refractivity contribution in [2.75, 3.05) is 0 Å². The van der Waals surface area contributed by atoms with Crippen molar-refractivity contribution in [1.29, 1.82) is 0 Å². The van der Waals surface area contributed by atoms with Gasteiger partial charge in [0.1, 0.15) is 11.9 Å². The first-order valence-corrected chi connectivity index (χ1v) is 8.93. The van der Waals surface area contributed by atoms with E-state index in [1.54, 1.807) is 0 Å². The third kappa shape index (κ3) is 4.67. The Morgan fingerprint density at radius 1 is 1.09 bits per heavy atom. The van der Waals surface area contributed by atoms with Crippen molar-refractivity contribution >= 4 is 5.78 Å². The molecule has 0 saturated heterocycles. The first kappa shape index (κ1) is 17.2. The number of Topliss-reactive ketones (excluding diaryl/α,β-unsaturated/α-hetero) is 1. The van der Waals surface area contributed by atoms with E-state index in [1.807, 2.05) is 0 Å². The maximum absolute atomic E-state index is 12.0. The van der Waals surface area contributed by atoms with Crippen LogP contribution in [0.2, 0.25) is 0 Å². The molecule has 2 rings (SSSR count). The number of unbranched alkanes of at least 4 members (excludes halogenated alkanes) is 8. The van der Waals surface area contributed by atoms with Crippen LogP contribution in [0.1, 0.15) is 92.9 Å². The third-order valence-electron chi connectivity index (χ3n) is 4.54. The minimum absolute atomic E-state index is 0.201. The molecule has 1 aliphatic rings. The molecule has 0 spiro atoms. The second-order valence-corrected chi connectivity index (χ2v) is 6.42. The minimum atomic E-state index is -0.867. The first-order valence-electron chi connectivity index (χ1n) is 8.93. The third-order valence-corrected chi connectivity index (χ3v) is 4.54. The van der Waals surface area contributed by atoms with Crippen molar-refractivity contribution in [3.05, 3.63) is 17.0 Å². The van der Waals surface area contributed by atoms with E-state index in [1.165, 1.54) is 51.4 Å². The van der Waals surface area contributed by atoms with Crippen molar-refractivity contribution in [3.8, 4) is 0 Å². The molecule has 4 nitrogen and oxygen atoms in total. The standard InChI is InChI=1S/C18H29NO3/c1-2-3-4-5-6-7-8-9-10-11-14-17-16(22-19-14)13-12-15(20)18(17)21/h15,20H,2-13H2,1H3/t15-/m1/s1. The number of aromatic nitrogens is 1. The van der Waals surface area contributed by atoms with Crippen LogP contribution in [0.5, 0.6) is 0 Å². The number of aryl methyl sites for hydroxylation is 2. The highest BCUT2D eigenvalue weighted by atomic mass is 16.5. The van der Waals surface area contributed by atoms with E-state index < -0.39 is 6.10 Å². The summed E-state index contributed by atoms with van der Waals surface area (Å²) in [4.78, 5) is 12.0. The van der Waals surface area contributed by atoms with Crippen LogP contribution in [0, 0.1) is 0 Å². The van der Waals surface area contributed by atoms with Crippen molar-refractivity contribution in [2.45, 2.75) is 90.1 Å². The van der Waals surface area contributed by atoms with Crippen LogP contribution >= 0.6 is 0 Å². The van der Waals surface area contributed by atoms with Crippen molar-refractivity contribution in [1.82, 2.24) is 5.16 Å². The summed E-state index contributed by atoms with van der Waals surface area (Å²) in [5.74, 6) is 0.467. The fourth-order valence-electron chi connectivity index (χ4n) is 3.15. The maximum atomic E-state index is 12.0. The summed E-state index contributed by atoms with van der Waals surface area (Å²) in [5, 5.41) is 13.7. The van der Waals surface area contributed by atoms with Crippen molar-refractivity contribution < 1.29 is 14.4 Å². The Bertz CT molecular complexity index is 467. The van der Waals surface area contributed by atoms with Gasteiger partial charge in [0, 0.05) is 6.42 Å². The molecule has 0 saturated carbocycles. The Hall–Kier alpha value is -1.16. The summed E-state index contributed by atoms with van der Waals surface area (Å²) >= 11 is 0. The number of hydrogen-bond acceptors (Lipinski definition) is 4. The normalized spacial score (nSPS) is 17.7. The molecule has 1 aromatic heterocycles. The average molecular weight is 307 g/mol. The SMILES string of the molecule is CCCCCCCCCCCc1noc2c1C(=O)[C@H](O)CC2. The van der Waals surface area contributed by atoms with E-state index in [-0.39, 0.29) is 5.78 Å². The van der Waals surface area contributed by atoms with Gasteiger partial charge in [-0.3, -0.25) is 4.79 Å². The molecule has 1 aliphatic carbocycles. The number of carbonyl (C=O) groups is 1. The highest BCUT2D eigenvalue weighted by molar-refractivity contribution is 6.02. The maximum Gasteiger partial charge on any atom is 0.196 e. The molecule has 0 aromatic carbocycles. The molecule has 0 fully saturated rings. The molecular weight excluding hydrogens is 278 g/mol. The fraction of sp³-hybridized carbons (Fsp3) is 0.778. The molecule has 0 amide bonds. The van der Waals surface area contributed by atoms with Gasteiger partial charge in [-0.15, -0.1) is 0 Å². The molecule has 0 radical (unpaired) electrons. The lowest BCUT2D eigenvalue weighted by Crippen LogP contribution is -2.27. The number of hydrogen-bond donors (Lipinski definition) is 1. The highest BCUT2D eigenvalue weighted by Gasteiger charge is 2.31. The van der Waals surface area contributed by atoms with Gasteiger partial charge in [-0.1, -0.05) is 63.4 Å². The van der Waals surface area contributed by atoms with Gasteiger partial charge < -0.3 is 9.63 Å². The monoisotopic (exact) mass is 307 g/mol. The van der Waals surface area contributed by atoms with E-state index in [0.717, 1.165) is 18.5 Å². The van der Waals surface area contributed by atoms with Gasteiger partial charge in [-0.05, 0) is 19.3 Å². The molecule has 0 aliphatic heterocycles. The summed E-state index contributed by atoms with van der Waals surface area (Å²) in [6.45, 7) is 2.24. The number of nitrogens with zero attached hydrogens (tertiary/aromatic N) is 1. The number of fused-ring (bicyclic) bond motifs is 1. The summed E-state index contributed by atoms with van der Waals surface area (Å²) in [7, 11) is 0. The van der Waals surface area contributed by atoms with Gasteiger partial charge in [-0.2, -0.15) is 0 Å². The lowest BCUT2D eigenvalue weighted by Gasteiger charge is -2.14. The van der Waals surface area contributed by atoms with Crippen LogP contribution in [0.25, 0.3) is 0 Å². The van der Waals surface area contributed by atoms with E-state index >= 15 is 0 Å². The topological polar surface area (TPSA) is 63.3 Å². The number of aliphatic hydroxyl groups is 1. The van der Waals surface area contributed by atoms with E-state index in [9.17, 15) is 9.90 Å². The van der Waals surface area contributed by atoms with E-state index in [4.69, 9.17) is 4.52 Å². The fourth-order valence-corrected chi connectivity index (χ4v) is 3.15. The second-order valence-electron chi connectivity index (χ2n) is 6.42. The van der Waals surface area contributed by atoms with Gasteiger partial charge in [-0.25, -0.2) is 0 Å². The zero-order valence-electron chi connectivity index (χ0n) is 13.8. The van der Waals surface area contributed by atoms with Crippen LogP contribution in [-0.2, 0) is 12.8 Å². The Kier molecular flexibility index (Phi) is 7.10. The predicted octanol–water partition coefficient (Wildman–Crippen LogP) is 4.24. The number of rotatable bonds is 10. The summed E-state index contributed by atoms with van der Waals surface area (Å²) < 4.78 is 5.26. The minimum Gasteiger partial charge on any atom is -0.385 e. The van der Waals surface area contributed by atoms with Crippen LogP contribution in [0.15, 0.2) is 4.52 Å². The lowest BCUT2D eigenvalue weighted by molar-refractivity contribution is 0.0703. The van der Waals surface area contributed by atoms with Crippen LogP contribution in [0.3, 0.4) is 0 Å². The first-order chi connectivity index (χ1) is 10.7. The molecule has 1 atom stereocenters. The van der Waals surface area contributed by atoms with Crippen LogP contribution < -0.4 is 0 Å². The molecule has 0 unspecified atom stereocenters. The van der Waals surface area contributed by atoms with Gasteiger partial charge in [0.05, 0.1) is 11.3 Å². The van der Waals surface area contributed by atoms with Gasteiger partial charge in [0.25, 0.3) is 0 Å². The quantitative estimate of drug-likeness (QED) is 0.657. The van der Waals surface area contributed by atoms with Gasteiger partial charge >= 0.3 is 0 Å². The molecule has 22 heavy (non-hydrogen) atoms. The van der Waals surface area contributed by atoms with Crippen molar-refractivity contribution in [2.24, 2.45) is 0 Å².